The van der Waals surface area contributed by atoms with Gasteiger partial charge in [-0.2, -0.15) is 0 Å². The summed E-state index contributed by atoms with van der Waals surface area (Å²) in [4.78, 5) is 21.0. The van der Waals surface area contributed by atoms with Gasteiger partial charge in [-0.3, -0.25) is 9.63 Å². The number of anilines is 1. The topological polar surface area (TPSA) is 67.6 Å². The maximum atomic E-state index is 11.1. The van der Waals surface area contributed by atoms with Crippen LogP contribution in [0.15, 0.2) is 10.6 Å². The largest absolute Gasteiger partial charge is 0.418 e. The molecule has 1 N–H and O–H groups in total. The molecular weight excluding hydrogens is 174 g/mol. The average molecular weight is 185 g/mol. The molecule has 0 bridgehead atoms. The number of carbonyl (C=O) groups is 1. The summed E-state index contributed by atoms with van der Waals surface area (Å²) in [5.41, 5.74) is 2.12. The van der Waals surface area contributed by atoms with E-state index in [-0.39, 0.29) is 5.76 Å². The lowest BCUT2D eigenvalue weighted by Gasteiger charge is -2.04. The van der Waals surface area contributed by atoms with Crippen molar-refractivity contribution in [1.29, 1.82) is 0 Å². The minimum absolute atomic E-state index is 0.116. The molecule has 1 rings (SSSR count). The number of hydrogen-bond acceptors (Lipinski definition) is 5. The van der Waals surface area contributed by atoms with Crippen LogP contribution < -0.4 is 10.4 Å². The summed E-state index contributed by atoms with van der Waals surface area (Å²) >= 11 is 0. The lowest BCUT2D eigenvalue weighted by Crippen LogP contribution is -2.21. The van der Waals surface area contributed by atoms with Crippen molar-refractivity contribution in [1.82, 2.24) is 10.5 Å². The Kier molecular flexibility index (Phi) is 2.86. The highest BCUT2D eigenvalue weighted by molar-refractivity contribution is 5.90. The molecule has 0 radical (unpaired) electrons. The molecule has 0 fully saturated rings. The van der Waals surface area contributed by atoms with Gasteiger partial charge >= 0.3 is 5.91 Å². The zero-order valence-corrected chi connectivity index (χ0v) is 7.70. The van der Waals surface area contributed by atoms with E-state index < -0.39 is 5.91 Å². The standard InChI is InChI=1S/C7H11N3O3/c1-10(2)7-8-4-5(13-7)6(11)9-12-3/h4H,1-3H3,(H,9,11). The average Bonchev–Trinajstić information content (AvgIpc) is 2.52. The Hall–Kier alpha value is -1.56. The molecule has 13 heavy (non-hydrogen) atoms. The SMILES string of the molecule is CONC(=O)c1cnc(N(C)C)o1. The van der Waals surface area contributed by atoms with E-state index in [0.717, 1.165) is 0 Å². The van der Waals surface area contributed by atoms with Crippen molar-refractivity contribution in [2.45, 2.75) is 0 Å². The molecule has 6 heteroatoms. The van der Waals surface area contributed by atoms with Crippen molar-refractivity contribution in [3.05, 3.63) is 12.0 Å². The van der Waals surface area contributed by atoms with Crippen molar-refractivity contribution in [2.75, 3.05) is 26.1 Å². The number of nitrogens with one attached hydrogen (secondary N) is 1. The van der Waals surface area contributed by atoms with E-state index in [1.165, 1.54) is 13.3 Å². The zero-order chi connectivity index (χ0) is 9.84. The van der Waals surface area contributed by atoms with Crippen molar-refractivity contribution < 1.29 is 14.0 Å². The molecule has 0 spiro atoms. The molecule has 1 aromatic heterocycles. The van der Waals surface area contributed by atoms with Crippen LogP contribution in [0.5, 0.6) is 0 Å². The second kappa shape index (κ2) is 3.90. The summed E-state index contributed by atoms with van der Waals surface area (Å²) in [5, 5.41) is 0. The van der Waals surface area contributed by atoms with Gasteiger partial charge in [0.15, 0.2) is 0 Å². The number of carbonyl (C=O) groups excluding carboxylic acids is 1. The van der Waals surface area contributed by atoms with Gasteiger partial charge in [0.05, 0.1) is 13.3 Å². The Morgan fingerprint density at radius 1 is 1.69 bits per heavy atom. The maximum Gasteiger partial charge on any atom is 0.312 e. The third kappa shape index (κ3) is 2.19. The van der Waals surface area contributed by atoms with E-state index in [1.54, 1.807) is 19.0 Å². The molecule has 0 aliphatic rings. The second-order valence-corrected chi connectivity index (χ2v) is 2.54. The molecule has 1 amide bonds. The first kappa shape index (κ1) is 9.53. The molecule has 0 unspecified atom stereocenters. The Morgan fingerprint density at radius 2 is 2.38 bits per heavy atom. The van der Waals surface area contributed by atoms with Crippen LogP contribution >= 0.6 is 0 Å². The minimum atomic E-state index is -0.455. The van der Waals surface area contributed by atoms with Crippen molar-refractivity contribution >= 4 is 11.9 Å². The van der Waals surface area contributed by atoms with Gasteiger partial charge < -0.3 is 9.32 Å². The predicted octanol–water partition coefficient (Wildman–Crippen LogP) is 0.0318. The van der Waals surface area contributed by atoms with Gasteiger partial charge in [-0.15, -0.1) is 0 Å². The lowest BCUT2D eigenvalue weighted by molar-refractivity contribution is 0.0510. The normalized spacial score (nSPS) is 9.77. The lowest BCUT2D eigenvalue weighted by atomic mass is 10.5. The van der Waals surface area contributed by atoms with Gasteiger partial charge in [-0.1, -0.05) is 0 Å². The quantitative estimate of drug-likeness (QED) is 0.673. The number of rotatable bonds is 3. The third-order valence-electron chi connectivity index (χ3n) is 1.29. The molecule has 0 aromatic carbocycles. The third-order valence-corrected chi connectivity index (χ3v) is 1.29. The molecule has 1 aromatic rings. The molecule has 0 aliphatic heterocycles. The monoisotopic (exact) mass is 185 g/mol. The number of hydrogen-bond donors (Lipinski definition) is 1. The van der Waals surface area contributed by atoms with Gasteiger partial charge in [0.25, 0.3) is 6.01 Å². The van der Waals surface area contributed by atoms with Crippen LogP contribution in [0.25, 0.3) is 0 Å². The molecule has 0 atom stereocenters. The fraction of sp³-hybridized carbons (Fsp3) is 0.429. The van der Waals surface area contributed by atoms with Gasteiger partial charge in [-0.25, -0.2) is 10.5 Å². The minimum Gasteiger partial charge on any atom is -0.418 e. The number of oxazole rings is 1. The highest BCUT2D eigenvalue weighted by Crippen LogP contribution is 2.10. The number of nitrogens with zero attached hydrogens (tertiary/aromatic N) is 2. The maximum absolute atomic E-state index is 11.1. The van der Waals surface area contributed by atoms with E-state index >= 15 is 0 Å². The fourth-order valence-corrected chi connectivity index (χ4v) is 0.720. The Morgan fingerprint density at radius 3 is 2.85 bits per heavy atom. The second-order valence-electron chi connectivity index (χ2n) is 2.54. The smallest absolute Gasteiger partial charge is 0.312 e. The first-order valence-corrected chi connectivity index (χ1v) is 3.61. The highest BCUT2D eigenvalue weighted by atomic mass is 16.6. The molecule has 6 nitrogen and oxygen atoms in total. The first-order chi connectivity index (χ1) is 6.15. The van der Waals surface area contributed by atoms with Gasteiger partial charge in [0.1, 0.15) is 0 Å². The van der Waals surface area contributed by atoms with E-state index in [0.29, 0.717) is 6.01 Å². The molecule has 0 aliphatic carbocycles. The van der Waals surface area contributed by atoms with E-state index in [1.807, 2.05) is 0 Å². The number of aromatic nitrogens is 1. The van der Waals surface area contributed by atoms with Crippen LogP contribution in [0.2, 0.25) is 0 Å². The van der Waals surface area contributed by atoms with Gasteiger partial charge in [0, 0.05) is 14.1 Å². The predicted molar refractivity (Wildman–Crippen MR) is 45.3 cm³/mol. The van der Waals surface area contributed by atoms with E-state index in [2.05, 4.69) is 15.3 Å². The zero-order valence-electron chi connectivity index (χ0n) is 7.70. The summed E-state index contributed by atoms with van der Waals surface area (Å²) in [5.74, 6) is -0.339. The van der Waals surface area contributed by atoms with Crippen molar-refractivity contribution in [2.24, 2.45) is 0 Å². The van der Waals surface area contributed by atoms with Gasteiger partial charge in [0.2, 0.25) is 5.76 Å². The van der Waals surface area contributed by atoms with Crippen molar-refractivity contribution in [3.63, 3.8) is 0 Å². The van der Waals surface area contributed by atoms with Crippen LogP contribution in [0, 0.1) is 0 Å². The van der Waals surface area contributed by atoms with Crippen LogP contribution in [0.4, 0.5) is 6.01 Å². The summed E-state index contributed by atoms with van der Waals surface area (Å²) in [6.07, 6.45) is 1.34. The highest BCUT2D eigenvalue weighted by Gasteiger charge is 2.12. The number of hydroxylamine groups is 1. The first-order valence-electron chi connectivity index (χ1n) is 3.61. The van der Waals surface area contributed by atoms with Crippen LogP contribution in [-0.2, 0) is 4.84 Å². The molecule has 72 valence electrons. The molecule has 0 saturated carbocycles. The molecule has 0 saturated heterocycles. The van der Waals surface area contributed by atoms with Crippen molar-refractivity contribution in [3.8, 4) is 0 Å². The molecular formula is C7H11N3O3. The summed E-state index contributed by atoms with van der Waals surface area (Å²) in [7, 11) is 4.88. The van der Waals surface area contributed by atoms with E-state index in [9.17, 15) is 4.79 Å². The Bertz CT molecular complexity index is 295. The Labute approximate surface area is 75.4 Å². The van der Waals surface area contributed by atoms with Gasteiger partial charge in [-0.05, 0) is 0 Å². The Balaban J connectivity index is 2.73. The summed E-state index contributed by atoms with van der Waals surface area (Å²) < 4.78 is 5.08. The summed E-state index contributed by atoms with van der Waals surface area (Å²) in [6, 6.07) is 0.376. The molecule has 1 heterocycles. The van der Waals surface area contributed by atoms with Crippen LogP contribution in [-0.4, -0.2) is 32.1 Å². The number of amides is 1. The van der Waals surface area contributed by atoms with Crippen LogP contribution in [0.1, 0.15) is 10.6 Å². The fourth-order valence-electron chi connectivity index (χ4n) is 0.720. The summed E-state index contributed by atoms with van der Waals surface area (Å²) in [6.45, 7) is 0. The van der Waals surface area contributed by atoms with E-state index in [4.69, 9.17) is 4.42 Å². The van der Waals surface area contributed by atoms with Crippen LogP contribution in [0.3, 0.4) is 0 Å².